The smallest absolute Gasteiger partial charge is 0.410 e. The lowest BCUT2D eigenvalue weighted by Gasteiger charge is -2.29. The van der Waals surface area contributed by atoms with Crippen LogP contribution in [-0.4, -0.2) is 42.2 Å². The Morgan fingerprint density at radius 1 is 1.32 bits per heavy atom. The normalized spacial score (nSPS) is 24.5. The van der Waals surface area contributed by atoms with Crippen molar-refractivity contribution in [1.82, 2.24) is 4.90 Å². The minimum absolute atomic E-state index is 0.194. The lowest BCUT2D eigenvalue weighted by molar-refractivity contribution is -0.121. The summed E-state index contributed by atoms with van der Waals surface area (Å²) in [6.45, 7) is 6.00. The van der Waals surface area contributed by atoms with Crippen LogP contribution in [0.1, 0.15) is 27.2 Å². The van der Waals surface area contributed by atoms with Crippen molar-refractivity contribution in [1.29, 1.82) is 0 Å². The quantitative estimate of drug-likeness (QED) is 0.819. The maximum atomic E-state index is 12.8. The van der Waals surface area contributed by atoms with Gasteiger partial charge in [0, 0.05) is 12.6 Å². The van der Waals surface area contributed by atoms with Crippen molar-refractivity contribution in [2.45, 2.75) is 38.8 Å². The maximum Gasteiger partial charge on any atom is 0.410 e. The fourth-order valence-corrected chi connectivity index (χ4v) is 3.29. The Balaban J connectivity index is 1.75. The average Bonchev–Trinajstić information content (AvgIpc) is 3.17. The summed E-state index contributed by atoms with van der Waals surface area (Å²) >= 11 is 0. The predicted molar refractivity (Wildman–Crippen MR) is 94.4 cm³/mol. The third-order valence-corrected chi connectivity index (χ3v) is 4.56. The molecule has 25 heavy (non-hydrogen) atoms. The summed E-state index contributed by atoms with van der Waals surface area (Å²) in [7, 11) is 1.55. The van der Waals surface area contributed by atoms with Gasteiger partial charge in [-0.05, 0) is 51.2 Å². The molecule has 1 heterocycles. The lowest BCUT2D eigenvalue weighted by atomic mass is 10.1. The number of hydrogen-bond acceptors (Lipinski definition) is 5. The number of anilines is 2. The van der Waals surface area contributed by atoms with Crippen molar-refractivity contribution in [3.63, 3.8) is 0 Å². The molecule has 1 aromatic rings. The van der Waals surface area contributed by atoms with Gasteiger partial charge in [-0.15, -0.1) is 0 Å². The van der Waals surface area contributed by atoms with Gasteiger partial charge in [0.1, 0.15) is 17.4 Å². The van der Waals surface area contributed by atoms with Crippen molar-refractivity contribution < 1.29 is 19.1 Å². The second-order valence-electron chi connectivity index (χ2n) is 7.68. The van der Waals surface area contributed by atoms with Gasteiger partial charge in [0.2, 0.25) is 5.91 Å². The van der Waals surface area contributed by atoms with Crippen LogP contribution < -0.4 is 15.8 Å². The van der Waals surface area contributed by atoms with Crippen LogP contribution in [0.3, 0.4) is 0 Å². The molecule has 3 atom stereocenters. The van der Waals surface area contributed by atoms with E-state index in [2.05, 4.69) is 5.32 Å². The first-order valence-corrected chi connectivity index (χ1v) is 8.43. The van der Waals surface area contributed by atoms with Crippen molar-refractivity contribution in [3.8, 4) is 5.75 Å². The Labute approximate surface area is 147 Å². The van der Waals surface area contributed by atoms with Gasteiger partial charge >= 0.3 is 6.09 Å². The van der Waals surface area contributed by atoms with E-state index in [1.165, 1.54) is 4.90 Å². The number of nitrogens with one attached hydrogen (secondary N) is 1. The molecule has 3 rings (SSSR count). The average molecular weight is 347 g/mol. The number of methoxy groups -OCH3 is 1. The number of nitrogens with zero attached hydrogens (tertiary/aromatic N) is 1. The number of fused-ring (bicyclic) bond motifs is 1. The Kier molecular flexibility index (Phi) is 4.26. The number of ether oxygens (including phenoxy) is 2. The van der Waals surface area contributed by atoms with Gasteiger partial charge in [-0.3, -0.25) is 9.69 Å². The number of nitrogen functional groups attached to an aromatic ring is 1. The molecule has 7 heteroatoms. The number of amides is 2. The van der Waals surface area contributed by atoms with Crippen molar-refractivity contribution >= 4 is 23.4 Å². The highest BCUT2D eigenvalue weighted by Crippen LogP contribution is 2.50. The second-order valence-corrected chi connectivity index (χ2v) is 7.68. The summed E-state index contributed by atoms with van der Waals surface area (Å²) < 4.78 is 10.6. The lowest BCUT2D eigenvalue weighted by Crippen LogP contribution is -2.47. The Morgan fingerprint density at radius 3 is 2.68 bits per heavy atom. The summed E-state index contributed by atoms with van der Waals surface area (Å²) in [5.74, 6) is 0.935. The number of rotatable bonds is 3. The molecule has 0 aromatic heterocycles. The van der Waals surface area contributed by atoms with Crippen molar-refractivity contribution in [2.24, 2.45) is 11.8 Å². The van der Waals surface area contributed by atoms with Crippen LogP contribution in [0.4, 0.5) is 16.2 Å². The van der Waals surface area contributed by atoms with Crippen molar-refractivity contribution in [2.75, 3.05) is 24.7 Å². The zero-order valence-electron chi connectivity index (χ0n) is 15.0. The van der Waals surface area contributed by atoms with E-state index in [0.29, 0.717) is 29.6 Å². The van der Waals surface area contributed by atoms with E-state index < -0.39 is 17.7 Å². The predicted octanol–water partition coefficient (Wildman–Crippen LogP) is 2.47. The molecule has 1 aliphatic carbocycles. The number of carbonyl (C=O) groups excluding carboxylic acids is 2. The SMILES string of the molecule is COc1ccc(N)c(NC(=O)[C@@H]2C3C[C@H]3CN2C(=O)OC(C)(C)C)c1. The van der Waals surface area contributed by atoms with E-state index in [4.69, 9.17) is 15.2 Å². The summed E-state index contributed by atoms with van der Waals surface area (Å²) in [6.07, 6.45) is 0.517. The fraction of sp³-hybridized carbons (Fsp3) is 0.556. The molecule has 2 aliphatic rings. The molecule has 7 nitrogen and oxygen atoms in total. The van der Waals surface area contributed by atoms with Crippen LogP contribution in [0.5, 0.6) is 5.75 Å². The molecule has 136 valence electrons. The largest absolute Gasteiger partial charge is 0.497 e. The van der Waals surface area contributed by atoms with Gasteiger partial charge in [0.05, 0.1) is 18.5 Å². The van der Waals surface area contributed by atoms with Gasteiger partial charge in [-0.2, -0.15) is 0 Å². The molecular weight excluding hydrogens is 322 g/mol. The summed E-state index contributed by atoms with van der Waals surface area (Å²) in [4.78, 5) is 26.8. The highest BCUT2D eigenvalue weighted by molar-refractivity contribution is 5.99. The molecular formula is C18H25N3O4. The van der Waals surface area contributed by atoms with Gasteiger partial charge in [-0.1, -0.05) is 0 Å². The van der Waals surface area contributed by atoms with Gasteiger partial charge < -0.3 is 20.5 Å². The van der Waals surface area contributed by atoms with Gasteiger partial charge in [0.25, 0.3) is 0 Å². The van der Waals surface area contributed by atoms with Crippen LogP contribution in [0.25, 0.3) is 0 Å². The van der Waals surface area contributed by atoms with Crippen LogP contribution in [-0.2, 0) is 9.53 Å². The fourth-order valence-electron chi connectivity index (χ4n) is 3.29. The molecule has 3 N–H and O–H groups in total. The molecule has 1 unspecified atom stereocenters. The number of carbonyl (C=O) groups is 2. The Morgan fingerprint density at radius 2 is 2.04 bits per heavy atom. The molecule has 0 bridgehead atoms. The first-order valence-electron chi connectivity index (χ1n) is 8.43. The van der Waals surface area contributed by atoms with E-state index in [9.17, 15) is 9.59 Å². The number of likely N-dealkylation sites (tertiary alicyclic amines) is 1. The molecule has 1 saturated carbocycles. The van der Waals surface area contributed by atoms with Crippen molar-refractivity contribution in [3.05, 3.63) is 18.2 Å². The third kappa shape index (κ3) is 3.65. The minimum Gasteiger partial charge on any atom is -0.497 e. The summed E-state index contributed by atoms with van der Waals surface area (Å²) in [6, 6.07) is 4.55. The van der Waals surface area contributed by atoms with Crippen LogP contribution >= 0.6 is 0 Å². The number of nitrogens with two attached hydrogens (primary N) is 1. The van der Waals surface area contributed by atoms with Gasteiger partial charge in [0.15, 0.2) is 0 Å². The van der Waals surface area contributed by atoms with E-state index in [-0.39, 0.29) is 11.8 Å². The highest BCUT2D eigenvalue weighted by atomic mass is 16.6. The molecule has 0 spiro atoms. The maximum absolute atomic E-state index is 12.8. The zero-order valence-corrected chi connectivity index (χ0v) is 15.0. The zero-order chi connectivity index (χ0) is 18.4. The Bertz CT molecular complexity index is 698. The molecule has 2 fully saturated rings. The second kappa shape index (κ2) is 6.13. The molecule has 1 aromatic carbocycles. The van der Waals surface area contributed by atoms with Gasteiger partial charge in [-0.25, -0.2) is 4.79 Å². The molecule has 1 aliphatic heterocycles. The number of benzene rings is 1. The molecule has 0 radical (unpaired) electrons. The van der Waals surface area contributed by atoms with E-state index in [1.807, 2.05) is 20.8 Å². The summed E-state index contributed by atoms with van der Waals surface area (Å²) in [5.41, 5.74) is 6.27. The van der Waals surface area contributed by atoms with E-state index >= 15 is 0 Å². The van der Waals surface area contributed by atoms with Crippen LogP contribution in [0.15, 0.2) is 18.2 Å². The van der Waals surface area contributed by atoms with Crippen LogP contribution in [0, 0.1) is 11.8 Å². The minimum atomic E-state index is -0.595. The first-order chi connectivity index (χ1) is 11.7. The monoisotopic (exact) mass is 347 g/mol. The number of hydrogen-bond donors (Lipinski definition) is 2. The van der Waals surface area contributed by atoms with E-state index in [1.54, 1.807) is 25.3 Å². The topological polar surface area (TPSA) is 93.9 Å². The number of piperidine rings is 1. The summed E-state index contributed by atoms with van der Waals surface area (Å²) in [5, 5.41) is 2.84. The highest BCUT2D eigenvalue weighted by Gasteiger charge is 2.57. The first kappa shape index (κ1) is 17.4. The van der Waals surface area contributed by atoms with E-state index in [0.717, 1.165) is 6.42 Å². The standard InChI is InChI=1S/C18H25N3O4/c1-18(2,3)25-17(23)21-9-10-7-12(10)15(21)16(22)20-14-8-11(24-4)5-6-13(14)19/h5-6,8,10,12,15H,7,9,19H2,1-4H3,(H,20,22)/t10-,12?,15-/m0/s1. The van der Waals surface area contributed by atoms with Crippen LogP contribution in [0.2, 0.25) is 0 Å². The third-order valence-electron chi connectivity index (χ3n) is 4.56. The Hall–Kier alpha value is -2.44. The molecule has 1 saturated heterocycles. The molecule has 2 amide bonds.